The predicted molar refractivity (Wildman–Crippen MR) is 49.6 cm³/mol. The Kier molecular flexibility index (Phi) is 1.27. The number of allylic oxidation sites excluding steroid dienone is 2. The molecule has 0 amide bonds. The van der Waals surface area contributed by atoms with Gasteiger partial charge in [0.05, 0.1) is 0 Å². The summed E-state index contributed by atoms with van der Waals surface area (Å²) in [6.07, 6.45) is 11.6. The maximum absolute atomic E-state index is 6.36. The van der Waals surface area contributed by atoms with Crippen LogP contribution in [-0.4, -0.2) is 5.54 Å². The fourth-order valence-electron chi connectivity index (χ4n) is 3.40. The Bertz CT molecular complexity index is 227. The Balaban J connectivity index is 1.82. The molecule has 3 atom stereocenters. The van der Waals surface area contributed by atoms with Gasteiger partial charge in [0, 0.05) is 5.54 Å². The summed E-state index contributed by atoms with van der Waals surface area (Å²) in [6.45, 7) is 0. The molecular weight excluding hydrogens is 146 g/mol. The lowest BCUT2D eigenvalue weighted by Gasteiger charge is -2.46. The van der Waals surface area contributed by atoms with Gasteiger partial charge in [-0.1, -0.05) is 12.2 Å². The first-order chi connectivity index (χ1) is 5.78. The zero-order chi connectivity index (χ0) is 8.18. The lowest BCUT2D eigenvalue weighted by atomic mass is 9.65. The monoisotopic (exact) mass is 163 g/mol. The normalized spacial score (nSPS) is 47.9. The molecule has 0 aromatic carbocycles. The van der Waals surface area contributed by atoms with Gasteiger partial charge in [-0.25, -0.2) is 0 Å². The van der Waals surface area contributed by atoms with Crippen molar-refractivity contribution in [3.63, 3.8) is 0 Å². The first-order valence-electron chi connectivity index (χ1n) is 5.25. The van der Waals surface area contributed by atoms with Gasteiger partial charge in [-0.3, -0.25) is 0 Å². The van der Waals surface area contributed by atoms with Crippen LogP contribution in [0.15, 0.2) is 12.2 Å². The molecule has 0 saturated heterocycles. The Morgan fingerprint density at radius 3 is 2.42 bits per heavy atom. The van der Waals surface area contributed by atoms with Gasteiger partial charge in [0.25, 0.3) is 0 Å². The van der Waals surface area contributed by atoms with Gasteiger partial charge in [-0.2, -0.15) is 0 Å². The van der Waals surface area contributed by atoms with Crippen LogP contribution in [0.25, 0.3) is 0 Å². The van der Waals surface area contributed by atoms with Crippen LogP contribution in [-0.2, 0) is 0 Å². The second-order valence-corrected chi connectivity index (χ2v) is 4.97. The van der Waals surface area contributed by atoms with Crippen molar-refractivity contribution in [2.75, 3.05) is 0 Å². The van der Waals surface area contributed by atoms with Gasteiger partial charge >= 0.3 is 0 Å². The largest absolute Gasteiger partial charge is 0.325 e. The molecule has 2 N–H and O–H groups in total. The summed E-state index contributed by atoms with van der Waals surface area (Å²) in [5, 5.41) is 0. The first-order valence-corrected chi connectivity index (χ1v) is 5.25. The molecule has 3 aliphatic carbocycles. The maximum atomic E-state index is 6.36. The van der Waals surface area contributed by atoms with E-state index >= 15 is 0 Å². The average molecular weight is 163 g/mol. The molecule has 0 aromatic heterocycles. The van der Waals surface area contributed by atoms with E-state index in [-0.39, 0.29) is 5.54 Å². The maximum Gasteiger partial charge on any atom is 0.0188 e. The van der Waals surface area contributed by atoms with Crippen molar-refractivity contribution in [2.45, 2.75) is 37.6 Å². The van der Waals surface area contributed by atoms with Crippen molar-refractivity contribution in [3.05, 3.63) is 12.2 Å². The Hall–Kier alpha value is -0.300. The quantitative estimate of drug-likeness (QED) is 0.588. The van der Waals surface area contributed by atoms with Crippen molar-refractivity contribution in [2.24, 2.45) is 23.5 Å². The van der Waals surface area contributed by atoms with E-state index in [1.807, 2.05) is 0 Å². The van der Waals surface area contributed by atoms with E-state index in [0.29, 0.717) is 0 Å². The average Bonchev–Trinajstić information content (AvgIpc) is 2.59. The summed E-state index contributed by atoms with van der Waals surface area (Å²) in [7, 11) is 0. The minimum Gasteiger partial charge on any atom is -0.325 e. The Morgan fingerprint density at radius 1 is 1.17 bits per heavy atom. The second-order valence-electron chi connectivity index (χ2n) is 4.97. The van der Waals surface area contributed by atoms with Crippen LogP contribution in [0.4, 0.5) is 0 Å². The fraction of sp³-hybridized carbons (Fsp3) is 0.818. The molecule has 3 rings (SSSR count). The number of nitrogens with two attached hydrogens (primary N) is 1. The van der Waals surface area contributed by atoms with Crippen LogP contribution in [0, 0.1) is 17.8 Å². The van der Waals surface area contributed by atoms with Crippen molar-refractivity contribution >= 4 is 0 Å². The van der Waals surface area contributed by atoms with E-state index in [9.17, 15) is 0 Å². The summed E-state index contributed by atoms with van der Waals surface area (Å²) in [5.74, 6) is 2.57. The van der Waals surface area contributed by atoms with Crippen LogP contribution in [0.1, 0.15) is 32.1 Å². The Morgan fingerprint density at radius 2 is 2.00 bits per heavy atom. The third-order valence-electron chi connectivity index (χ3n) is 4.30. The van der Waals surface area contributed by atoms with Crippen LogP contribution in [0.5, 0.6) is 0 Å². The molecule has 0 heterocycles. The van der Waals surface area contributed by atoms with Gasteiger partial charge in [0.2, 0.25) is 0 Å². The van der Waals surface area contributed by atoms with Crippen molar-refractivity contribution < 1.29 is 0 Å². The van der Waals surface area contributed by atoms with Gasteiger partial charge in [0.1, 0.15) is 0 Å². The summed E-state index contributed by atoms with van der Waals surface area (Å²) >= 11 is 0. The smallest absolute Gasteiger partial charge is 0.0188 e. The molecule has 3 aliphatic rings. The zero-order valence-corrected chi connectivity index (χ0v) is 7.50. The minimum atomic E-state index is 0.254. The van der Waals surface area contributed by atoms with Crippen LogP contribution < -0.4 is 5.73 Å². The molecule has 66 valence electrons. The van der Waals surface area contributed by atoms with Gasteiger partial charge in [-0.15, -0.1) is 0 Å². The first kappa shape index (κ1) is 7.14. The van der Waals surface area contributed by atoms with E-state index < -0.39 is 0 Å². The molecule has 2 bridgehead atoms. The highest BCUT2D eigenvalue weighted by Crippen LogP contribution is 2.52. The van der Waals surface area contributed by atoms with E-state index in [1.54, 1.807) is 0 Å². The molecule has 3 unspecified atom stereocenters. The number of fused-ring (bicyclic) bond motifs is 2. The molecule has 0 radical (unpaired) electrons. The molecule has 0 aliphatic heterocycles. The summed E-state index contributed by atoms with van der Waals surface area (Å²) in [4.78, 5) is 0. The molecule has 12 heavy (non-hydrogen) atoms. The number of rotatable bonds is 1. The molecular formula is C11H17N. The zero-order valence-electron chi connectivity index (χ0n) is 7.50. The molecule has 1 nitrogen and oxygen atoms in total. The van der Waals surface area contributed by atoms with E-state index in [0.717, 1.165) is 17.8 Å². The summed E-state index contributed by atoms with van der Waals surface area (Å²) in [5.41, 5.74) is 6.61. The van der Waals surface area contributed by atoms with Crippen LogP contribution in [0.2, 0.25) is 0 Å². The van der Waals surface area contributed by atoms with Crippen LogP contribution >= 0.6 is 0 Å². The highest BCUT2D eigenvalue weighted by Gasteiger charge is 2.49. The van der Waals surface area contributed by atoms with Crippen molar-refractivity contribution in [1.82, 2.24) is 0 Å². The third-order valence-corrected chi connectivity index (χ3v) is 4.30. The van der Waals surface area contributed by atoms with E-state index in [1.165, 1.54) is 32.1 Å². The topological polar surface area (TPSA) is 26.0 Å². The van der Waals surface area contributed by atoms with E-state index in [4.69, 9.17) is 5.73 Å². The highest BCUT2D eigenvalue weighted by atomic mass is 14.8. The fourth-order valence-corrected chi connectivity index (χ4v) is 3.40. The second kappa shape index (κ2) is 2.14. The highest BCUT2D eigenvalue weighted by molar-refractivity contribution is 5.16. The van der Waals surface area contributed by atoms with Crippen molar-refractivity contribution in [3.8, 4) is 0 Å². The third kappa shape index (κ3) is 0.779. The van der Waals surface area contributed by atoms with Crippen LogP contribution in [0.3, 0.4) is 0 Å². The van der Waals surface area contributed by atoms with Gasteiger partial charge < -0.3 is 5.73 Å². The summed E-state index contributed by atoms with van der Waals surface area (Å²) < 4.78 is 0. The SMILES string of the molecule is NC1(C2CC3C=CC2C3)CCC1. The van der Waals surface area contributed by atoms with Gasteiger partial charge in [-0.05, 0) is 49.9 Å². The molecule has 2 saturated carbocycles. The summed E-state index contributed by atoms with van der Waals surface area (Å²) in [6, 6.07) is 0. The minimum absolute atomic E-state index is 0.254. The molecule has 0 spiro atoms. The molecule has 0 aromatic rings. The van der Waals surface area contributed by atoms with Gasteiger partial charge in [0.15, 0.2) is 0 Å². The Labute approximate surface area is 74.0 Å². The number of hydrogen-bond donors (Lipinski definition) is 1. The molecule has 2 fully saturated rings. The lowest BCUT2D eigenvalue weighted by Crippen LogP contribution is -2.54. The lowest BCUT2D eigenvalue weighted by molar-refractivity contribution is 0.131. The number of hydrogen-bond acceptors (Lipinski definition) is 1. The molecule has 1 heteroatoms. The van der Waals surface area contributed by atoms with E-state index in [2.05, 4.69) is 12.2 Å². The van der Waals surface area contributed by atoms with Crippen molar-refractivity contribution in [1.29, 1.82) is 0 Å². The standard InChI is InChI=1S/C11H17N/c12-11(4-1-5-11)10-7-8-2-3-9(10)6-8/h2-3,8-10H,1,4-7,12H2. The predicted octanol–water partition coefficient (Wildman–Crippen LogP) is 2.08.